The number of aromatic nitrogens is 3. The molecular formula is C13H13N3OS. The van der Waals surface area contributed by atoms with Crippen molar-refractivity contribution in [3.05, 3.63) is 46.4 Å². The highest BCUT2D eigenvalue weighted by Gasteiger charge is 2.08. The molecule has 0 aliphatic carbocycles. The highest BCUT2D eigenvalue weighted by Crippen LogP contribution is 2.17. The molecule has 5 heteroatoms. The van der Waals surface area contributed by atoms with Crippen LogP contribution in [0.1, 0.15) is 17.2 Å². The molecule has 0 aliphatic heterocycles. The number of aryl methyl sites for hydroxylation is 2. The van der Waals surface area contributed by atoms with Crippen LogP contribution in [0.25, 0.3) is 11.0 Å². The Bertz CT molecular complexity index is 766. The number of hydrogen-bond acceptors (Lipinski definition) is 3. The predicted molar refractivity (Wildman–Crippen MR) is 72.2 cm³/mol. The summed E-state index contributed by atoms with van der Waals surface area (Å²) in [5.74, 6) is 1.48. The van der Waals surface area contributed by atoms with Gasteiger partial charge in [0.1, 0.15) is 12.3 Å². The van der Waals surface area contributed by atoms with Crippen molar-refractivity contribution in [1.82, 2.24) is 14.5 Å². The number of oxazole rings is 1. The number of aromatic amines is 1. The first-order valence-electron chi connectivity index (χ1n) is 5.74. The number of nitrogens with zero attached hydrogens (tertiary/aromatic N) is 2. The van der Waals surface area contributed by atoms with Gasteiger partial charge in [-0.2, -0.15) is 0 Å². The number of hydrogen-bond donors (Lipinski definition) is 1. The van der Waals surface area contributed by atoms with Crippen LogP contribution in [0.4, 0.5) is 0 Å². The van der Waals surface area contributed by atoms with Crippen LogP contribution in [0.2, 0.25) is 0 Å². The molecule has 0 fully saturated rings. The molecule has 0 unspecified atom stereocenters. The van der Waals surface area contributed by atoms with Crippen molar-refractivity contribution in [1.29, 1.82) is 0 Å². The number of benzene rings is 1. The summed E-state index contributed by atoms with van der Waals surface area (Å²) < 4.78 is 8.19. The van der Waals surface area contributed by atoms with Crippen molar-refractivity contribution in [3.8, 4) is 0 Å². The molecule has 4 nitrogen and oxygen atoms in total. The smallest absolute Gasteiger partial charge is 0.214 e. The van der Waals surface area contributed by atoms with E-state index >= 15 is 0 Å². The molecule has 0 saturated heterocycles. The third-order valence-corrected chi connectivity index (χ3v) is 3.22. The first-order valence-corrected chi connectivity index (χ1v) is 6.15. The van der Waals surface area contributed by atoms with E-state index in [1.807, 2.05) is 17.6 Å². The van der Waals surface area contributed by atoms with Gasteiger partial charge in [-0.15, -0.1) is 0 Å². The molecule has 3 rings (SSSR count). The van der Waals surface area contributed by atoms with E-state index in [0.717, 1.165) is 16.8 Å². The summed E-state index contributed by atoms with van der Waals surface area (Å²) in [6.45, 7) is 4.50. The van der Waals surface area contributed by atoms with Gasteiger partial charge in [0.05, 0.1) is 17.2 Å². The van der Waals surface area contributed by atoms with Gasteiger partial charge in [0.2, 0.25) is 5.89 Å². The lowest BCUT2D eigenvalue weighted by Gasteiger charge is -2.01. The maximum atomic E-state index is 5.50. The third-order valence-electron chi connectivity index (χ3n) is 2.89. The molecule has 1 N–H and O–H groups in total. The minimum atomic E-state index is 0.552. The SMILES string of the molecule is Cc1ccc2[nH]c(=S)n(Cc3ncc(C)o3)c2c1. The number of H-pyrrole nitrogens is 1. The lowest BCUT2D eigenvalue weighted by Crippen LogP contribution is -1.99. The summed E-state index contributed by atoms with van der Waals surface area (Å²) in [5.41, 5.74) is 3.32. The first-order chi connectivity index (χ1) is 8.63. The molecule has 3 aromatic rings. The molecule has 0 spiro atoms. The first kappa shape index (κ1) is 11.2. The van der Waals surface area contributed by atoms with Crippen LogP contribution in [0.5, 0.6) is 0 Å². The molecule has 0 atom stereocenters. The van der Waals surface area contributed by atoms with E-state index in [-0.39, 0.29) is 0 Å². The van der Waals surface area contributed by atoms with E-state index in [4.69, 9.17) is 16.6 Å². The van der Waals surface area contributed by atoms with Gasteiger partial charge < -0.3 is 14.0 Å². The van der Waals surface area contributed by atoms with E-state index in [1.165, 1.54) is 5.56 Å². The number of imidazole rings is 1. The minimum absolute atomic E-state index is 0.552. The Kier molecular flexibility index (Phi) is 2.56. The van der Waals surface area contributed by atoms with Gasteiger partial charge in [0.25, 0.3) is 0 Å². The molecule has 0 radical (unpaired) electrons. The van der Waals surface area contributed by atoms with E-state index in [1.54, 1.807) is 6.20 Å². The van der Waals surface area contributed by atoms with Crippen LogP contribution < -0.4 is 0 Å². The average molecular weight is 259 g/mol. The van der Waals surface area contributed by atoms with E-state index in [0.29, 0.717) is 17.2 Å². The van der Waals surface area contributed by atoms with Gasteiger partial charge in [-0.3, -0.25) is 0 Å². The van der Waals surface area contributed by atoms with E-state index in [2.05, 4.69) is 29.0 Å². The monoisotopic (exact) mass is 259 g/mol. The Labute approximate surface area is 109 Å². The van der Waals surface area contributed by atoms with Crippen LogP contribution in [0.3, 0.4) is 0 Å². The topological polar surface area (TPSA) is 46.8 Å². The normalized spacial score (nSPS) is 11.2. The highest BCUT2D eigenvalue weighted by atomic mass is 32.1. The van der Waals surface area contributed by atoms with Crippen molar-refractivity contribution in [3.63, 3.8) is 0 Å². The molecule has 0 saturated carbocycles. The molecule has 2 aromatic heterocycles. The van der Waals surface area contributed by atoms with Gasteiger partial charge in [-0.1, -0.05) is 6.07 Å². The molecule has 2 heterocycles. The molecule has 18 heavy (non-hydrogen) atoms. The summed E-state index contributed by atoms with van der Waals surface area (Å²) in [7, 11) is 0. The van der Waals surface area contributed by atoms with E-state index in [9.17, 15) is 0 Å². The Morgan fingerprint density at radius 2 is 2.22 bits per heavy atom. The van der Waals surface area contributed by atoms with Crippen molar-refractivity contribution < 1.29 is 4.42 Å². The number of fused-ring (bicyclic) bond motifs is 1. The molecule has 0 bridgehead atoms. The van der Waals surface area contributed by atoms with Crippen LogP contribution in [0, 0.1) is 18.6 Å². The Balaban J connectivity index is 2.13. The maximum Gasteiger partial charge on any atom is 0.214 e. The van der Waals surface area contributed by atoms with Crippen LogP contribution >= 0.6 is 12.2 Å². The fourth-order valence-electron chi connectivity index (χ4n) is 2.03. The van der Waals surface area contributed by atoms with Crippen molar-refractivity contribution >= 4 is 23.3 Å². The van der Waals surface area contributed by atoms with Crippen molar-refractivity contribution in [2.24, 2.45) is 0 Å². The average Bonchev–Trinajstić information content (AvgIpc) is 2.86. The van der Waals surface area contributed by atoms with Crippen LogP contribution in [0.15, 0.2) is 28.8 Å². The lowest BCUT2D eigenvalue weighted by atomic mass is 10.2. The molecular weight excluding hydrogens is 246 g/mol. The van der Waals surface area contributed by atoms with Gasteiger partial charge in [-0.05, 0) is 43.8 Å². The fourth-order valence-corrected chi connectivity index (χ4v) is 2.30. The Morgan fingerprint density at radius 3 is 2.94 bits per heavy atom. The zero-order valence-corrected chi connectivity index (χ0v) is 11.0. The van der Waals surface area contributed by atoms with Crippen LogP contribution in [-0.4, -0.2) is 14.5 Å². The molecule has 0 aliphatic rings. The summed E-state index contributed by atoms with van der Waals surface area (Å²) in [6, 6.07) is 6.21. The predicted octanol–water partition coefficient (Wildman–Crippen LogP) is 3.35. The second-order valence-corrected chi connectivity index (χ2v) is 4.79. The maximum absolute atomic E-state index is 5.50. The Morgan fingerprint density at radius 1 is 1.39 bits per heavy atom. The van der Waals surface area contributed by atoms with Gasteiger partial charge in [0, 0.05) is 0 Å². The van der Waals surface area contributed by atoms with E-state index < -0.39 is 0 Å². The summed E-state index contributed by atoms with van der Waals surface area (Å²) >= 11 is 5.34. The lowest BCUT2D eigenvalue weighted by molar-refractivity contribution is 0.459. The zero-order chi connectivity index (χ0) is 12.7. The van der Waals surface area contributed by atoms with Crippen LogP contribution in [-0.2, 0) is 6.54 Å². The van der Waals surface area contributed by atoms with Gasteiger partial charge in [-0.25, -0.2) is 4.98 Å². The summed E-state index contributed by atoms with van der Waals surface area (Å²) in [6.07, 6.45) is 1.72. The van der Waals surface area contributed by atoms with Gasteiger partial charge >= 0.3 is 0 Å². The largest absolute Gasteiger partial charge is 0.444 e. The third kappa shape index (κ3) is 1.86. The van der Waals surface area contributed by atoms with Crippen molar-refractivity contribution in [2.75, 3.05) is 0 Å². The number of nitrogens with one attached hydrogen (secondary N) is 1. The minimum Gasteiger partial charge on any atom is -0.444 e. The molecule has 92 valence electrons. The standard InChI is InChI=1S/C13H13N3OS/c1-8-3-4-10-11(5-8)16(13(18)15-10)7-12-14-6-9(2)17-12/h3-6H,7H2,1-2H3,(H,15,18). The second-order valence-electron chi connectivity index (χ2n) is 4.40. The number of rotatable bonds is 2. The zero-order valence-electron chi connectivity index (χ0n) is 10.2. The fraction of sp³-hybridized carbons (Fsp3) is 0.231. The Hall–Kier alpha value is -1.88. The van der Waals surface area contributed by atoms with Gasteiger partial charge in [0.15, 0.2) is 4.77 Å². The highest BCUT2D eigenvalue weighted by molar-refractivity contribution is 7.71. The summed E-state index contributed by atoms with van der Waals surface area (Å²) in [4.78, 5) is 7.40. The summed E-state index contributed by atoms with van der Waals surface area (Å²) in [5, 5.41) is 0. The second kappa shape index (κ2) is 4.10. The molecule has 0 amide bonds. The quantitative estimate of drug-likeness (QED) is 0.718. The molecule has 1 aromatic carbocycles. The van der Waals surface area contributed by atoms with Crippen molar-refractivity contribution in [2.45, 2.75) is 20.4 Å².